The number of hydrogen-bond acceptors (Lipinski definition) is 6. The van der Waals surface area contributed by atoms with E-state index >= 15 is 0 Å². The Labute approximate surface area is 199 Å². The fraction of sp³-hybridized carbons (Fsp3) is 0.214. The average molecular weight is 458 g/mol. The third-order valence-electron chi connectivity index (χ3n) is 5.79. The molecule has 0 unspecified atom stereocenters. The number of nitrogens with zero attached hydrogens (tertiary/aromatic N) is 1. The summed E-state index contributed by atoms with van der Waals surface area (Å²) in [6, 6.07) is 19.8. The largest absolute Gasteiger partial charge is 0.493 e. The van der Waals surface area contributed by atoms with E-state index in [2.05, 4.69) is 6.07 Å². The van der Waals surface area contributed by atoms with Crippen molar-refractivity contribution < 1.29 is 23.7 Å². The maximum atomic E-state index is 12.6. The van der Waals surface area contributed by atoms with Gasteiger partial charge in [0.2, 0.25) is 5.75 Å². The zero-order chi connectivity index (χ0) is 24.2. The molecule has 34 heavy (non-hydrogen) atoms. The quantitative estimate of drug-likeness (QED) is 0.336. The summed E-state index contributed by atoms with van der Waals surface area (Å²) in [4.78, 5) is 17.6. The predicted molar refractivity (Wildman–Crippen MR) is 133 cm³/mol. The number of hydrogen-bond donors (Lipinski definition) is 0. The number of benzene rings is 3. The van der Waals surface area contributed by atoms with Crippen LogP contribution in [0.2, 0.25) is 0 Å². The van der Waals surface area contributed by atoms with Gasteiger partial charge >= 0.3 is 5.97 Å². The molecule has 6 heteroatoms. The van der Waals surface area contributed by atoms with E-state index in [0.29, 0.717) is 22.9 Å². The molecule has 4 aromatic rings. The van der Waals surface area contributed by atoms with Crippen LogP contribution in [0.25, 0.3) is 33.3 Å². The highest BCUT2D eigenvalue weighted by Gasteiger charge is 2.23. The predicted octanol–water partition coefficient (Wildman–Crippen LogP) is 5.62. The van der Waals surface area contributed by atoms with Crippen LogP contribution in [-0.2, 0) is 16.0 Å². The Morgan fingerprint density at radius 3 is 2.09 bits per heavy atom. The van der Waals surface area contributed by atoms with E-state index in [1.54, 1.807) is 21.3 Å². The first kappa shape index (κ1) is 23.1. The molecule has 0 saturated heterocycles. The van der Waals surface area contributed by atoms with Gasteiger partial charge < -0.3 is 18.9 Å². The highest BCUT2D eigenvalue weighted by molar-refractivity contribution is 6.01. The molecular weight excluding hydrogens is 430 g/mol. The number of carbonyl (C=O) groups is 1. The summed E-state index contributed by atoms with van der Waals surface area (Å²) in [6.45, 7) is 2.04. The molecule has 4 rings (SSSR count). The molecule has 0 aliphatic carbocycles. The number of aryl methyl sites for hydroxylation is 1. The molecule has 0 spiro atoms. The summed E-state index contributed by atoms with van der Waals surface area (Å²) in [6.07, 6.45) is 0.0591. The van der Waals surface area contributed by atoms with E-state index in [-0.39, 0.29) is 12.4 Å². The van der Waals surface area contributed by atoms with Crippen molar-refractivity contribution in [1.29, 1.82) is 0 Å². The number of methoxy groups -OCH3 is 4. The summed E-state index contributed by atoms with van der Waals surface area (Å²) in [7, 11) is 6.10. The van der Waals surface area contributed by atoms with Crippen molar-refractivity contribution in [3.8, 4) is 39.6 Å². The lowest BCUT2D eigenvalue weighted by atomic mass is 9.89. The van der Waals surface area contributed by atoms with Crippen LogP contribution in [0, 0.1) is 6.92 Å². The molecule has 0 saturated carbocycles. The fourth-order valence-electron chi connectivity index (χ4n) is 4.20. The lowest BCUT2D eigenvalue weighted by molar-refractivity contribution is -0.139. The molecule has 0 radical (unpaired) electrons. The van der Waals surface area contributed by atoms with Gasteiger partial charge in [-0.2, -0.15) is 0 Å². The van der Waals surface area contributed by atoms with Gasteiger partial charge in [-0.15, -0.1) is 0 Å². The van der Waals surface area contributed by atoms with Crippen molar-refractivity contribution in [2.24, 2.45) is 0 Å². The smallest absolute Gasteiger partial charge is 0.310 e. The third kappa shape index (κ3) is 4.27. The summed E-state index contributed by atoms with van der Waals surface area (Å²) < 4.78 is 21.7. The van der Waals surface area contributed by atoms with Crippen LogP contribution in [0.4, 0.5) is 0 Å². The molecule has 0 aliphatic rings. The van der Waals surface area contributed by atoms with E-state index in [1.165, 1.54) is 7.11 Å². The molecule has 6 nitrogen and oxygen atoms in total. The maximum Gasteiger partial charge on any atom is 0.310 e. The van der Waals surface area contributed by atoms with E-state index in [9.17, 15) is 4.79 Å². The van der Waals surface area contributed by atoms with Crippen molar-refractivity contribution in [2.75, 3.05) is 28.4 Å². The highest BCUT2D eigenvalue weighted by Crippen LogP contribution is 2.44. The van der Waals surface area contributed by atoms with Crippen LogP contribution in [0.5, 0.6) is 17.2 Å². The number of ether oxygens (including phenoxy) is 4. The van der Waals surface area contributed by atoms with Crippen molar-refractivity contribution >= 4 is 16.9 Å². The minimum atomic E-state index is -0.348. The highest BCUT2D eigenvalue weighted by atomic mass is 16.5. The first-order valence-electron chi connectivity index (χ1n) is 10.9. The molecule has 3 aromatic carbocycles. The molecule has 174 valence electrons. The average Bonchev–Trinajstić information content (AvgIpc) is 2.87. The standard InChI is InChI=1S/C28H27NO5/c1-17-11-12-22-20(13-17)26(18-9-7-6-8-10-18)21(16-25(30)33-4)27(29-22)19-14-23(31-2)28(34-5)24(15-19)32-3/h6-15H,16H2,1-5H3. The summed E-state index contributed by atoms with van der Waals surface area (Å²) >= 11 is 0. The molecule has 0 atom stereocenters. The Bertz CT molecular complexity index is 1320. The third-order valence-corrected chi connectivity index (χ3v) is 5.79. The van der Waals surface area contributed by atoms with Gasteiger partial charge in [-0.05, 0) is 47.9 Å². The van der Waals surface area contributed by atoms with E-state index < -0.39 is 0 Å². The van der Waals surface area contributed by atoms with Gasteiger partial charge in [-0.3, -0.25) is 4.79 Å². The van der Waals surface area contributed by atoms with Crippen molar-refractivity contribution in [2.45, 2.75) is 13.3 Å². The van der Waals surface area contributed by atoms with Crippen molar-refractivity contribution in [1.82, 2.24) is 4.98 Å². The first-order chi connectivity index (χ1) is 16.5. The Hall–Kier alpha value is -4.06. The van der Waals surface area contributed by atoms with Gasteiger partial charge in [-0.25, -0.2) is 4.98 Å². The summed E-state index contributed by atoms with van der Waals surface area (Å²) in [5.41, 5.74) is 6.03. The van der Waals surface area contributed by atoms with Gasteiger partial charge in [-0.1, -0.05) is 42.0 Å². The zero-order valence-electron chi connectivity index (χ0n) is 20.0. The van der Waals surface area contributed by atoms with Crippen LogP contribution in [0.1, 0.15) is 11.1 Å². The number of pyridine rings is 1. The van der Waals surface area contributed by atoms with E-state index in [4.69, 9.17) is 23.9 Å². The Morgan fingerprint density at radius 1 is 0.824 bits per heavy atom. The van der Waals surface area contributed by atoms with Gasteiger partial charge in [0.25, 0.3) is 0 Å². The molecule has 0 amide bonds. The summed E-state index contributed by atoms with van der Waals surface area (Å²) in [5.74, 6) is 1.16. The number of fused-ring (bicyclic) bond motifs is 1. The van der Waals surface area contributed by atoms with Crippen molar-refractivity contribution in [3.63, 3.8) is 0 Å². The van der Waals surface area contributed by atoms with E-state index in [0.717, 1.165) is 38.7 Å². The molecule has 0 fully saturated rings. The Kier molecular flexibility index (Phi) is 6.68. The fourth-order valence-corrected chi connectivity index (χ4v) is 4.20. The van der Waals surface area contributed by atoms with Gasteiger partial charge in [0.1, 0.15) is 0 Å². The number of rotatable bonds is 7. The van der Waals surface area contributed by atoms with Gasteiger partial charge in [0, 0.05) is 10.9 Å². The topological polar surface area (TPSA) is 66.9 Å². The van der Waals surface area contributed by atoms with Crippen LogP contribution >= 0.6 is 0 Å². The number of esters is 1. The second-order valence-corrected chi connectivity index (χ2v) is 7.87. The van der Waals surface area contributed by atoms with Crippen molar-refractivity contribution in [3.05, 3.63) is 71.8 Å². The Balaban J connectivity index is 2.13. The minimum Gasteiger partial charge on any atom is -0.493 e. The molecule has 0 bridgehead atoms. The molecule has 1 heterocycles. The number of carbonyl (C=O) groups excluding carboxylic acids is 1. The normalized spacial score (nSPS) is 10.7. The summed E-state index contributed by atoms with van der Waals surface area (Å²) in [5, 5.41) is 0.973. The zero-order valence-corrected chi connectivity index (χ0v) is 20.0. The van der Waals surface area contributed by atoms with Gasteiger partial charge in [0.05, 0.1) is 46.1 Å². The number of aromatic nitrogens is 1. The molecule has 0 aliphatic heterocycles. The van der Waals surface area contributed by atoms with Gasteiger partial charge in [0.15, 0.2) is 11.5 Å². The monoisotopic (exact) mass is 457 g/mol. The second-order valence-electron chi connectivity index (χ2n) is 7.87. The first-order valence-corrected chi connectivity index (χ1v) is 10.9. The minimum absolute atomic E-state index is 0.0591. The lowest BCUT2D eigenvalue weighted by Gasteiger charge is -2.19. The molecule has 1 aromatic heterocycles. The maximum absolute atomic E-state index is 12.6. The second kappa shape index (κ2) is 9.83. The lowest BCUT2D eigenvalue weighted by Crippen LogP contribution is -2.09. The van der Waals surface area contributed by atoms with Crippen LogP contribution in [0.15, 0.2) is 60.7 Å². The van der Waals surface area contributed by atoms with E-state index in [1.807, 2.05) is 61.5 Å². The molecule has 0 N–H and O–H groups in total. The van der Waals surface area contributed by atoms with Crippen LogP contribution in [0.3, 0.4) is 0 Å². The van der Waals surface area contributed by atoms with Crippen LogP contribution < -0.4 is 14.2 Å². The molecular formula is C28H27NO5. The van der Waals surface area contributed by atoms with Crippen LogP contribution in [-0.4, -0.2) is 39.4 Å². The Morgan fingerprint density at radius 2 is 1.50 bits per heavy atom. The SMILES string of the molecule is COC(=O)Cc1c(-c2cc(OC)c(OC)c(OC)c2)nc2ccc(C)cc2c1-c1ccccc1.